The topological polar surface area (TPSA) is 90.6 Å². The van der Waals surface area contributed by atoms with Crippen LogP contribution in [0.1, 0.15) is 32.6 Å². The minimum Gasteiger partial charge on any atom is -0.477 e. The Bertz CT molecular complexity index is 629. The molecule has 2 heterocycles. The molecular weight excluding hydrogens is 284 g/mol. The number of carbonyl (C=O) groups excluding carboxylic acids is 1. The van der Waals surface area contributed by atoms with Crippen molar-refractivity contribution >= 4 is 11.9 Å². The van der Waals surface area contributed by atoms with Gasteiger partial charge in [-0.3, -0.25) is 9.69 Å². The number of hydrogen-bond donors (Lipinski definition) is 1. The molecule has 2 aliphatic heterocycles. The molecule has 116 valence electrons. The van der Waals surface area contributed by atoms with Crippen LogP contribution in [0.3, 0.4) is 0 Å². The van der Waals surface area contributed by atoms with Crippen LogP contribution in [0, 0.1) is 17.2 Å². The van der Waals surface area contributed by atoms with Crippen LogP contribution in [0.4, 0.5) is 0 Å². The van der Waals surface area contributed by atoms with E-state index in [1.807, 2.05) is 13.0 Å². The van der Waals surface area contributed by atoms with Crippen molar-refractivity contribution in [3.8, 4) is 6.07 Å². The Labute approximate surface area is 128 Å². The fraction of sp³-hybridized carbons (Fsp3) is 0.562. The number of fused-ring (bicyclic) bond motifs is 3. The molecule has 0 spiro atoms. The monoisotopic (exact) mass is 302 g/mol. The van der Waals surface area contributed by atoms with Gasteiger partial charge in [-0.1, -0.05) is 6.08 Å². The van der Waals surface area contributed by atoms with Crippen molar-refractivity contribution in [2.24, 2.45) is 5.92 Å². The van der Waals surface area contributed by atoms with Crippen molar-refractivity contribution in [2.45, 2.75) is 44.8 Å². The number of carbonyl (C=O) groups is 2. The Morgan fingerprint density at radius 1 is 1.55 bits per heavy atom. The van der Waals surface area contributed by atoms with E-state index in [1.54, 1.807) is 6.08 Å². The van der Waals surface area contributed by atoms with E-state index in [0.717, 1.165) is 24.8 Å². The van der Waals surface area contributed by atoms with E-state index in [2.05, 4.69) is 0 Å². The molecule has 0 aromatic carbocycles. The molecule has 6 nitrogen and oxygen atoms in total. The van der Waals surface area contributed by atoms with Gasteiger partial charge in [-0.25, -0.2) is 4.79 Å². The number of hydrogen-bond acceptors (Lipinski definition) is 4. The summed E-state index contributed by atoms with van der Waals surface area (Å²) in [6.07, 6.45) is 4.32. The van der Waals surface area contributed by atoms with Gasteiger partial charge in [0, 0.05) is 11.5 Å². The summed E-state index contributed by atoms with van der Waals surface area (Å²) in [6.45, 7) is 2.10. The molecule has 2 fully saturated rings. The number of carboxylic acid groups (broad SMARTS) is 1. The molecule has 0 bridgehead atoms. The molecular formula is C16H18N2O4. The lowest BCUT2D eigenvalue weighted by Crippen LogP contribution is -2.54. The number of nitrogens with zero attached hydrogens (tertiary/aromatic N) is 2. The van der Waals surface area contributed by atoms with Crippen LogP contribution < -0.4 is 0 Å². The van der Waals surface area contributed by atoms with Crippen LogP contribution in [0.15, 0.2) is 22.9 Å². The first kappa shape index (κ1) is 14.8. The summed E-state index contributed by atoms with van der Waals surface area (Å²) in [6, 6.07) is 1.89. The van der Waals surface area contributed by atoms with Crippen molar-refractivity contribution < 1.29 is 19.4 Å². The quantitative estimate of drug-likeness (QED) is 0.484. The number of amides is 1. The Balaban J connectivity index is 1.95. The highest BCUT2D eigenvalue weighted by Crippen LogP contribution is 2.51. The number of nitriles is 1. The molecule has 1 aliphatic carbocycles. The van der Waals surface area contributed by atoms with Gasteiger partial charge < -0.3 is 9.84 Å². The molecule has 3 atom stereocenters. The third-order valence-corrected chi connectivity index (χ3v) is 4.73. The van der Waals surface area contributed by atoms with E-state index in [0.29, 0.717) is 12.2 Å². The summed E-state index contributed by atoms with van der Waals surface area (Å²) < 4.78 is 5.75. The lowest BCUT2D eigenvalue weighted by Gasteiger charge is -2.42. The largest absolute Gasteiger partial charge is 0.477 e. The number of rotatable bonds is 4. The van der Waals surface area contributed by atoms with Gasteiger partial charge in [-0.05, 0) is 31.8 Å². The van der Waals surface area contributed by atoms with Crippen LogP contribution in [0.25, 0.3) is 0 Å². The first-order valence-electron chi connectivity index (χ1n) is 7.57. The van der Waals surface area contributed by atoms with Gasteiger partial charge in [0.25, 0.3) is 5.91 Å². The maximum absolute atomic E-state index is 12.2. The minimum atomic E-state index is -1.07. The summed E-state index contributed by atoms with van der Waals surface area (Å²) in [5.41, 5.74) is 1.55. The van der Waals surface area contributed by atoms with Crippen LogP contribution in [-0.4, -0.2) is 40.6 Å². The van der Waals surface area contributed by atoms with Crippen LogP contribution in [0.5, 0.6) is 0 Å². The van der Waals surface area contributed by atoms with Crippen molar-refractivity contribution in [1.29, 1.82) is 5.26 Å². The second-order valence-electron chi connectivity index (χ2n) is 5.78. The van der Waals surface area contributed by atoms with Crippen molar-refractivity contribution in [3.63, 3.8) is 0 Å². The Hall–Kier alpha value is -2.13. The fourth-order valence-corrected chi connectivity index (χ4v) is 3.91. The fourth-order valence-electron chi connectivity index (χ4n) is 3.91. The zero-order valence-electron chi connectivity index (χ0n) is 12.4. The van der Waals surface area contributed by atoms with Gasteiger partial charge in [-0.15, -0.1) is 0 Å². The zero-order valence-corrected chi connectivity index (χ0v) is 12.4. The highest BCUT2D eigenvalue weighted by molar-refractivity contribution is 6.09. The molecule has 1 saturated heterocycles. The maximum atomic E-state index is 12.2. The van der Waals surface area contributed by atoms with Crippen molar-refractivity contribution in [1.82, 2.24) is 4.90 Å². The molecule has 1 amide bonds. The Kier molecular flexibility index (Phi) is 3.75. The number of ether oxygens (including phenoxy) is 1. The summed E-state index contributed by atoms with van der Waals surface area (Å²) >= 11 is 0. The van der Waals surface area contributed by atoms with Gasteiger partial charge >= 0.3 is 5.97 Å². The van der Waals surface area contributed by atoms with Gasteiger partial charge in [0.05, 0.1) is 31.2 Å². The lowest BCUT2D eigenvalue weighted by molar-refractivity contribution is -0.142. The molecule has 1 saturated carbocycles. The second-order valence-corrected chi connectivity index (χ2v) is 5.78. The molecule has 0 radical (unpaired) electrons. The summed E-state index contributed by atoms with van der Waals surface area (Å²) in [5.74, 6) is -1.24. The molecule has 1 N–H and O–H groups in total. The number of carboxylic acids is 1. The molecule has 0 aromatic rings. The van der Waals surface area contributed by atoms with E-state index >= 15 is 0 Å². The average molecular weight is 302 g/mol. The van der Waals surface area contributed by atoms with Crippen LogP contribution in [-0.2, 0) is 14.3 Å². The predicted octanol–water partition coefficient (Wildman–Crippen LogP) is 1.59. The molecule has 3 rings (SSSR count). The Morgan fingerprint density at radius 3 is 2.95 bits per heavy atom. The lowest BCUT2D eigenvalue weighted by atomic mass is 9.75. The second kappa shape index (κ2) is 5.58. The predicted molar refractivity (Wildman–Crippen MR) is 76.4 cm³/mol. The summed E-state index contributed by atoms with van der Waals surface area (Å²) in [4.78, 5) is 25.3. The number of β-lactam (4-membered cyclic amide) rings is 1. The number of allylic oxidation sites excluding steroid dienone is 1. The standard InChI is InChI=1S/C16H18N2O4/c1-2-9-13-10-5-3-6-11(22-8-4-7-17)12(10)14(16(20)21)18(13)15(9)19/h2,10-11,13H,3-6,8H2,1H3,(H,20,21)/b9-2+/t10-,11-,13-/m0/s1. The average Bonchev–Trinajstić information content (AvgIpc) is 2.80. The SMILES string of the molecule is C/C=C1/C(=O)N2C(C(=O)O)=C3[C@@H](OCCC#N)CCC[C@@H]3[C@H]12. The van der Waals surface area contributed by atoms with Gasteiger partial charge in [-0.2, -0.15) is 5.26 Å². The van der Waals surface area contributed by atoms with E-state index in [-0.39, 0.29) is 36.1 Å². The van der Waals surface area contributed by atoms with Crippen molar-refractivity contribution in [2.75, 3.05) is 6.61 Å². The molecule has 0 aromatic heterocycles. The van der Waals surface area contributed by atoms with Crippen LogP contribution in [0.2, 0.25) is 0 Å². The first-order valence-corrected chi connectivity index (χ1v) is 7.57. The smallest absolute Gasteiger partial charge is 0.352 e. The van der Waals surface area contributed by atoms with E-state index in [4.69, 9.17) is 10.00 Å². The van der Waals surface area contributed by atoms with E-state index in [9.17, 15) is 14.7 Å². The van der Waals surface area contributed by atoms with Gasteiger partial charge in [0.1, 0.15) is 5.70 Å². The normalized spacial score (nSPS) is 31.6. The number of aliphatic carboxylic acids is 1. The van der Waals surface area contributed by atoms with E-state index in [1.165, 1.54) is 4.90 Å². The van der Waals surface area contributed by atoms with Gasteiger partial charge in [0.15, 0.2) is 0 Å². The Morgan fingerprint density at radius 2 is 2.32 bits per heavy atom. The highest BCUT2D eigenvalue weighted by atomic mass is 16.5. The summed E-state index contributed by atoms with van der Waals surface area (Å²) in [5, 5.41) is 18.2. The maximum Gasteiger partial charge on any atom is 0.352 e. The highest BCUT2D eigenvalue weighted by Gasteiger charge is 2.58. The first-order chi connectivity index (χ1) is 10.6. The van der Waals surface area contributed by atoms with Crippen LogP contribution >= 0.6 is 0 Å². The third kappa shape index (κ3) is 1.97. The van der Waals surface area contributed by atoms with Crippen molar-refractivity contribution in [3.05, 3.63) is 22.9 Å². The van der Waals surface area contributed by atoms with E-state index < -0.39 is 5.97 Å². The summed E-state index contributed by atoms with van der Waals surface area (Å²) in [7, 11) is 0. The third-order valence-electron chi connectivity index (χ3n) is 4.73. The molecule has 22 heavy (non-hydrogen) atoms. The molecule has 0 unspecified atom stereocenters. The zero-order chi connectivity index (χ0) is 15.9. The minimum absolute atomic E-state index is 0.0378. The molecule has 3 aliphatic rings. The van der Waals surface area contributed by atoms with Gasteiger partial charge in [0.2, 0.25) is 0 Å². The molecule has 6 heteroatoms.